The van der Waals surface area contributed by atoms with Crippen LogP contribution in [0, 0.1) is 0 Å². The standard InChI is InChI=1S/C19H21NO3/c1-2-3-6-14-9-11-15(12-10-14)19(23)20-17-8-5-4-7-16(17)18(22)13-21/h4-5,7-12,21H,2-3,6,13H2,1H3,(H,20,23). The summed E-state index contributed by atoms with van der Waals surface area (Å²) in [4.78, 5) is 24.0. The van der Waals surface area contributed by atoms with Gasteiger partial charge in [0.05, 0.1) is 5.69 Å². The zero-order valence-electron chi connectivity index (χ0n) is 13.2. The Balaban J connectivity index is 2.12. The number of anilines is 1. The second-order valence-corrected chi connectivity index (χ2v) is 5.38. The summed E-state index contributed by atoms with van der Waals surface area (Å²) in [5.41, 5.74) is 2.46. The van der Waals surface area contributed by atoms with Crippen LogP contribution in [0.15, 0.2) is 48.5 Å². The molecule has 0 saturated heterocycles. The summed E-state index contributed by atoms with van der Waals surface area (Å²) >= 11 is 0. The molecule has 120 valence electrons. The summed E-state index contributed by atoms with van der Waals surface area (Å²) in [6, 6.07) is 14.1. The van der Waals surface area contributed by atoms with Crippen LogP contribution in [0.1, 0.15) is 46.0 Å². The summed E-state index contributed by atoms with van der Waals surface area (Å²) in [5.74, 6) is -0.693. The molecule has 2 aromatic carbocycles. The molecule has 0 aliphatic rings. The first kappa shape index (κ1) is 16.9. The molecular formula is C19H21NO3. The molecule has 4 heteroatoms. The van der Waals surface area contributed by atoms with E-state index < -0.39 is 12.4 Å². The fourth-order valence-electron chi connectivity index (χ4n) is 2.32. The van der Waals surface area contributed by atoms with E-state index in [-0.39, 0.29) is 5.91 Å². The Morgan fingerprint density at radius 1 is 1.04 bits per heavy atom. The topological polar surface area (TPSA) is 66.4 Å². The smallest absolute Gasteiger partial charge is 0.255 e. The average Bonchev–Trinajstić information content (AvgIpc) is 2.60. The molecule has 0 aliphatic heterocycles. The van der Waals surface area contributed by atoms with Crippen LogP contribution >= 0.6 is 0 Å². The molecule has 4 nitrogen and oxygen atoms in total. The number of rotatable bonds is 7. The Kier molecular flexibility index (Phi) is 6.06. The molecule has 0 radical (unpaired) electrons. The highest BCUT2D eigenvalue weighted by Gasteiger charge is 2.13. The first-order valence-electron chi connectivity index (χ1n) is 7.79. The monoisotopic (exact) mass is 311 g/mol. The summed E-state index contributed by atoms with van der Waals surface area (Å²) in [7, 11) is 0. The molecule has 0 aliphatic carbocycles. The molecule has 0 atom stereocenters. The number of aliphatic hydroxyl groups is 1. The molecule has 1 amide bonds. The fourth-order valence-corrected chi connectivity index (χ4v) is 2.32. The predicted octanol–water partition coefficient (Wildman–Crippen LogP) is 3.46. The van der Waals surface area contributed by atoms with Crippen LogP contribution < -0.4 is 5.32 Å². The van der Waals surface area contributed by atoms with Crippen molar-refractivity contribution >= 4 is 17.4 Å². The molecule has 0 spiro atoms. The summed E-state index contributed by atoms with van der Waals surface area (Å²) in [5, 5.41) is 11.7. The van der Waals surface area contributed by atoms with E-state index in [1.807, 2.05) is 12.1 Å². The predicted molar refractivity (Wildman–Crippen MR) is 90.9 cm³/mol. The van der Waals surface area contributed by atoms with E-state index >= 15 is 0 Å². The number of amides is 1. The summed E-state index contributed by atoms with van der Waals surface area (Å²) in [6.45, 7) is 1.56. The third-order valence-electron chi connectivity index (χ3n) is 3.65. The Hall–Kier alpha value is -2.46. The van der Waals surface area contributed by atoms with Crippen molar-refractivity contribution in [2.24, 2.45) is 0 Å². The lowest BCUT2D eigenvalue weighted by molar-refractivity contribution is 0.0904. The minimum Gasteiger partial charge on any atom is -0.388 e. The van der Waals surface area contributed by atoms with Gasteiger partial charge < -0.3 is 10.4 Å². The molecule has 0 unspecified atom stereocenters. The van der Waals surface area contributed by atoms with Gasteiger partial charge in [-0.3, -0.25) is 9.59 Å². The number of ketones is 1. The fraction of sp³-hybridized carbons (Fsp3) is 0.263. The zero-order valence-corrected chi connectivity index (χ0v) is 13.2. The second kappa shape index (κ2) is 8.25. The summed E-state index contributed by atoms with van der Waals surface area (Å²) in [6.07, 6.45) is 3.27. The lowest BCUT2D eigenvalue weighted by Gasteiger charge is -2.10. The SMILES string of the molecule is CCCCc1ccc(C(=O)Nc2ccccc2C(=O)CO)cc1. The van der Waals surface area contributed by atoms with Gasteiger partial charge in [0, 0.05) is 11.1 Å². The quantitative estimate of drug-likeness (QED) is 0.770. The van der Waals surface area contributed by atoms with E-state index in [1.54, 1.807) is 36.4 Å². The molecule has 2 N–H and O–H groups in total. The van der Waals surface area contributed by atoms with Crippen molar-refractivity contribution in [1.82, 2.24) is 0 Å². The lowest BCUT2D eigenvalue weighted by atomic mass is 10.1. The van der Waals surface area contributed by atoms with Gasteiger partial charge in [-0.2, -0.15) is 0 Å². The Morgan fingerprint density at radius 2 is 1.74 bits per heavy atom. The Bertz CT molecular complexity index is 677. The first-order valence-corrected chi connectivity index (χ1v) is 7.79. The Morgan fingerprint density at radius 3 is 2.39 bits per heavy atom. The highest BCUT2D eigenvalue weighted by atomic mass is 16.3. The number of hydrogen-bond donors (Lipinski definition) is 2. The van der Waals surface area contributed by atoms with E-state index in [0.717, 1.165) is 19.3 Å². The van der Waals surface area contributed by atoms with Crippen LogP contribution in [0.4, 0.5) is 5.69 Å². The minimum absolute atomic E-state index is 0.273. The average molecular weight is 311 g/mol. The van der Waals surface area contributed by atoms with Crippen molar-refractivity contribution in [2.45, 2.75) is 26.2 Å². The van der Waals surface area contributed by atoms with Gasteiger partial charge in [-0.25, -0.2) is 0 Å². The number of carbonyl (C=O) groups excluding carboxylic acids is 2. The van der Waals surface area contributed by atoms with E-state index in [0.29, 0.717) is 16.8 Å². The van der Waals surface area contributed by atoms with E-state index in [2.05, 4.69) is 12.2 Å². The van der Waals surface area contributed by atoms with Crippen LogP contribution in [0.2, 0.25) is 0 Å². The second-order valence-electron chi connectivity index (χ2n) is 5.38. The van der Waals surface area contributed by atoms with Crippen molar-refractivity contribution in [3.05, 3.63) is 65.2 Å². The van der Waals surface area contributed by atoms with Crippen molar-refractivity contribution in [2.75, 3.05) is 11.9 Å². The van der Waals surface area contributed by atoms with Gasteiger partial charge in [0.15, 0.2) is 5.78 Å². The number of Topliss-reactive ketones (excluding diaryl/α,β-unsaturated/α-hetero) is 1. The number of benzene rings is 2. The molecule has 0 fully saturated rings. The molecule has 23 heavy (non-hydrogen) atoms. The van der Waals surface area contributed by atoms with E-state index in [1.165, 1.54) is 5.56 Å². The molecule has 2 rings (SSSR count). The zero-order chi connectivity index (χ0) is 16.7. The number of para-hydroxylation sites is 1. The minimum atomic E-state index is -0.584. The van der Waals surface area contributed by atoms with Crippen LogP contribution in [-0.4, -0.2) is 23.4 Å². The first-order chi connectivity index (χ1) is 11.2. The normalized spacial score (nSPS) is 10.3. The number of nitrogens with one attached hydrogen (secondary N) is 1. The van der Waals surface area contributed by atoms with Crippen LogP contribution in [0.25, 0.3) is 0 Å². The van der Waals surface area contributed by atoms with Gasteiger partial charge in [-0.05, 0) is 42.7 Å². The molecule has 0 heterocycles. The van der Waals surface area contributed by atoms with Gasteiger partial charge in [0.1, 0.15) is 6.61 Å². The maximum Gasteiger partial charge on any atom is 0.255 e. The molecule has 0 saturated carbocycles. The number of carbonyl (C=O) groups is 2. The van der Waals surface area contributed by atoms with Gasteiger partial charge in [-0.1, -0.05) is 37.6 Å². The Labute approximate surface area is 136 Å². The van der Waals surface area contributed by atoms with Crippen molar-refractivity contribution in [3.8, 4) is 0 Å². The number of aryl methyl sites for hydroxylation is 1. The maximum atomic E-state index is 12.3. The van der Waals surface area contributed by atoms with Crippen molar-refractivity contribution in [3.63, 3.8) is 0 Å². The van der Waals surface area contributed by atoms with Crippen molar-refractivity contribution in [1.29, 1.82) is 0 Å². The van der Waals surface area contributed by atoms with Gasteiger partial charge in [0.25, 0.3) is 5.91 Å². The number of aliphatic hydroxyl groups excluding tert-OH is 1. The van der Waals surface area contributed by atoms with Crippen LogP contribution in [-0.2, 0) is 6.42 Å². The molecule has 2 aromatic rings. The third-order valence-corrected chi connectivity index (χ3v) is 3.65. The lowest BCUT2D eigenvalue weighted by Crippen LogP contribution is -2.16. The van der Waals surface area contributed by atoms with Gasteiger partial charge in [0.2, 0.25) is 0 Å². The number of unbranched alkanes of at least 4 members (excludes halogenated alkanes) is 1. The highest BCUT2D eigenvalue weighted by molar-refractivity contribution is 6.09. The largest absolute Gasteiger partial charge is 0.388 e. The summed E-state index contributed by atoms with van der Waals surface area (Å²) < 4.78 is 0. The highest BCUT2D eigenvalue weighted by Crippen LogP contribution is 2.17. The molecule has 0 aromatic heterocycles. The number of hydrogen-bond acceptors (Lipinski definition) is 3. The van der Waals surface area contributed by atoms with E-state index in [4.69, 9.17) is 5.11 Å². The van der Waals surface area contributed by atoms with Gasteiger partial charge in [-0.15, -0.1) is 0 Å². The van der Waals surface area contributed by atoms with Crippen LogP contribution in [0.3, 0.4) is 0 Å². The van der Waals surface area contributed by atoms with Gasteiger partial charge >= 0.3 is 0 Å². The molecule has 0 bridgehead atoms. The van der Waals surface area contributed by atoms with E-state index in [9.17, 15) is 9.59 Å². The maximum absolute atomic E-state index is 12.3. The van der Waals surface area contributed by atoms with Crippen LogP contribution in [0.5, 0.6) is 0 Å². The van der Waals surface area contributed by atoms with Crippen molar-refractivity contribution < 1.29 is 14.7 Å². The molecular weight excluding hydrogens is 290 g/mol. The third kappa shape index (κ3) is 4.50.